The van der Waals surface area contributed by atoms with E-state index in [2.05, 4.69) is 74.8 Å². The molecule has 34 heavy (non-hydrogen) atoms. The van der Waals surface area contributed by atoms with Crippen molar-refractivity contribution in [3.8, 4) is 0 Å². The molecule has 0 amide bonds. The maximum atomic E-state index is 13.1. The number of fused-ring (bicyclic) bond motifs is 1. The van der Waals surface area contributed by atoms with Crippen LogP contribution in [0.2, 0.25) is 0 Å². The first-order valence-electron chi connectivity index (χ1n) is 12.2. The van der Waals surface area contributed by atoms with Gasteiger partial charge in [-0.2, -0.15) is 0 Å². The summed E-state index contributed by atoms with van der Waals surface area (Å²) in [6, 6.07) is 17.0. The zero-order chi connectivity index (χ0) is 23.5. The van der Waals surface area contributed by atoms with Crippen LogP contribution >= 0.6 is 0 Å². The highest BCUT2D eigenvalue weighted by molar-refractivity contribution is 5.85. The van der Waals surface area contributed by atoms with Crippen molar-refractivity contribution in [1.82, 2.24) is 30.1 Å². The molecule has 0 bridgehead atoms. The highest BCUT2D eigenvalue weighted by atomic mass is 16.1. The summed E-state index contributed by atoms with van der Waals surface area (Å²) < 4.78 is 2.02. The van der Waals surface area contributed by atoms with Crippen LogP contribution in [0.25, 0.3) is 10.9 Å². The van der Waals surface area contributed by atoms with E-state index >= 15 is 0 Å². The lowest BCUT2D eigenvalue weighted by atomic mass is 9.95. The molecule has 4 aromatic rings. The van der Waals surface area contributed by atoms with E-state index in [1.54, 1.807) is 0 Å². The normalized spacial score (nSPS) is 14.8. The Morgan fingerprint density at radius 3 is 2.53 bits per heavy atom. The van der Waals surface area contributed by atoms with Crippen LogP contribution in [0.3, 0.4) is 0 Å². The fourth-order valence-electron chi connectivity index (χ4n) is 5.11. The van der Waals surface area contributed by atoms with Crippen molar-refractivity contribution in [3.05, 3.63) is 87.0 Å². The Bertz CT molecular complexity index is 1320. The Morgan fingerprint density at radius 2 is 1.74 bits per heavy atom. The molecule has 0 atom stereocenters. The third-order valence-corrected chi connectivity index (χ3v) is 7.01. The number of tetrazole rings is 1. The maximum Gasteiger partial charge on any atom is 0.252 e. The van der Waals surface area contributed by atoms with E-state index in [-0.39, 0.29) is 5.56 Å². The second-order valence-corrected chi connectivity index (χ2v) is 9.57. The zero-order valence-electron chi connectivity index (χ0n) is 20.0. The highest BCUT2D eigenvalue weighted by Crippen LogP contribution is 2.28. The van der Waals surface area contributed by atoms with Gasteiger partial charge in [0.15, 0.2) is 5.82 Å². The summed E-state index contributed by atoms with van der Waals surface area (Å²) in [7, 11) is 0. The first kappa shape index (κ1) is 22.5. The fourth-order valence-corrected chi connectivity index (χ4v) is 5.11. The number of hydrogen-bond acceptors (Lipinski definition) is 5. The molecule has 5 rings (SSSR count). The average Bonchev–Trinajstić information content (AvgIpc) is 3.32. The summed E-state index contributed by atoms with van der Waals surface area (Å²) in [4.78, 5) is 18.5. The molecule has 2 aromatic carbocycles. The quantitative estimate of drug-likeness (QED) is 0.430. The second-order valence-electron chi connectivity index (χ2n) is 9.57. The lowest BCUT2D eigenvalue weighted by Crippen LogP contribution is -2.29. The number of rotatable bonds is 7. The molecule has 176 valence electrons. The van der Waals surface area contributed by atoms with E-state index in [0.717, 1.165) is 46.3 Å². The molecule has 0 spiro atoms. The van der Waals surface area contributed by atoms with Gasteiger partial charge in [0.25, 0.3) is 5.56 Å². The summed E-state index contributed by atoms with van der Waals surface area (Å²) in [6.45, 7) is 5.94. The topological polar surface area (TPSA) is 79.7 Å². The maximum absolute atomic E-state index is 13.1. The van der Waals surface area contributed by atoms with Crippen LogP contribution in [0.1, 0.15) is 66.2 Å². The van der Waals surface area contributed by atoms with Gasteiger partial charge in [0.05, 0.1) is 18.1 Å². The first-order chi connectivity index (χ1) is 16.6. The minimum absolute atomic E-state index is 0.0360. The van der Waals surface area contributed by atoms with Crippen LogP contribution in [-0.2, 0) is 19.6 Å². The van der Waals surface area contributed by atoms with Gasteiger partial charge in [-0.3, -0.25) is 9.69 Å². The molecule has 1 saturated carbocycles. The smallest absolute Gasteiger partial charge is 0.252 e. The van der Waals surface area contributed by atoms with Gasteiger partial charge in [0.1, 0.15) is 0 Å². The molecule has 1 aliphatic carbocycles. The van der Waals surface area contributed by atoms with Crippen LogP contribution < -0.4 is 5.56 Å². The van der Waals surface area contributed by atoms with Crippen LogP contribution in [0.5, 0.6) is 0 Å². The largest absolute Gasteiger partial charge is 0.321 e. The van der Waals surface area contributed by atoms with Gasteiger partial charge >= 0.3 is 0 Å². The first-order valence-corrected chi connectivity index (χ1v) is 12.2. The van der Waals surface area contributed by atoms with Crippen LogP contribution in [0.15, 0.2) is 53.3 Å². The molecular weight excluding hydrogens is 424 g/mol. The number of aromatic nitrogens is 5. The molecule has 0 aliphatic heterocycles. The Morgan fingerprint density at radius 1 is 0.971 bits per heavy atom. The van der Waals surface area contributed by atoms with Gasteiger partial charge in [-0.05, 0) is 59.9 Å². The third-order valence-electron chi connectivity index (χ3n) is 7.01. The van der Waals surface area contributed by atoms with Gasteiger partial charge in [-0.1, -0.05) is 61.7 Å². The minimum atomic E-state index is -0.0360. The Kier molecular flexibility index (Phi) is 6.54. The molecule has 0 saturated heterocycles. The molecule has 0 unspecified atom stereocenters. The molecule has 2 aromatic heterocycles. The van der Waals surface area contributed by atoms with Gasteiger partial charge in [0, 0.05) is 24.0 Å². The predicted octanol–water partition coefficient (Wildman–Crippen LogP) is 4.84. The SMILES string of the molecule is Cc1ccc(C)c2[nH]c(=O)c(CN(Cc3ccccc3)Cc3nnnn3C3CCCCC3)cc12. The van der Waals surface area contributed by atoms with Crippen molar-refractivity contribution in [2.24, 2.45) is 0 Å². The number of H-pyrrole nitrogens is 1. The van der Waals surface area contributed by atoms with Gasteiger partial charge in [0.2, 0.25) is 0 Å². The second kappa shape index (κ2) is 9.89. The number of hydrogen-bond donors (Lipinski definition) is 1. The fraction of sp³-hybridized carbons (Fsp3) is 0.407. The van der Waals surface area contributed by atoms with Crippen LogP contribution in [0, 0.1) is 13.8 Å². The van der Waals surface area contributed by atoms with Gasteiger partial charge < -0.3 is 4.98 Å². The summed E-state index contributed by atoms with van der Waals surface area (Å²) in [5.41, 5.74) is 5.08. The van der Waals surface area contributed by atoms with Crippen molar-refractivity contribution in [2.45, 2.75) is 71.6 Å². The third kappa shape index (κ3) is 4.80. The molecule has 1 aliphatic rings. The number of nitrogens with zero attached hydrogens (tertiary/aromatic N) is 5. The molecule has 1 fully saturated rings. The Hall–Kier alpha value is -3.32. The summed E-state index contributed by atoms with van der Waals surface area (Å²) in [5, 5.41) is 13.8. The highest BCUT2D eigenvalue weighted by Gasteiger charge is 2.22. The van der Waals surface area contributed by atoms with Crippen molar-refractivity contribution >= 4 is 10.9 Å². The molecule has 1 N–H and O–H groups in total. The van der Waals surface area contributed by atoms with E-state index in [4.69, 9.17) is 0 Å². The van der Waals surface area contributed by atoms with Crippen molar-refractivity contribution in [3.63, 3.8) is 0 Å². The number of aromatic amines is 1. The van der Waals surface area contributed by atoms with Crippen molar-refractivity contribution < 1.29 is 0 Å². The minimum Gasteiger partial charge on any atom is -0.321 e. The zero-order valence-corrected chi connectivity index (χ0v) is 20.0. The number of benzene rings is 2. The Balaban J connectivity index is 1.47. The number of pyridine rings is 1. The lowest BCUT2D eigenvalue weighted by molar-refractivity contribution is 0.225. The van der Waals surface area contributed by atoms with Crippen molar-refractivity contribution in [2.75, 3.05) is 0 Å². The molecule has 0 radical (unpaired) electrons. The number of nitrogens with one attached hydrogen (secondary N) is 1. The molecular formula is C27H32N6O. The molecule has 7 nitrogen and oxygen atoms in total. The standard InChI is InChI=1S/C27H32N6O/c1-19-13-14-20(2)26-24(19)15-22(27(34)28-26)17-32(16-21-9-5-3-6-10-21)18-25-29-30-31-33(25)23-11-7-4-8-12-23/h3,5-6,9-10,13-15,23H,4,7-8,11-12,16-18H2,1-2H3,(H,28,34). The number of aryl methyl sites for hydroxylation is 2. The predicted molar refractivity (Wildman–Crippen MR) is 133 cm³/mol. The van der Waals surface area contributed by atoms with E-state index in [0.29, 0.717) is 25.7 Å². The van der Waals surface area contributed by atoms with E-state index in [9.17, 15) is 4.79 Å². The van der Waals surface area contributed by atoms with E-state index in [1.807, 2.05) is 17.7 Å². The average molecular weight is 457 g/mol. The molecule has 7 heteroatoms. The van der Waals surface area contributed by atoms with Gasteiger partial charge in [-0.25, -0.2) is 4.68 Å². The van der Waals surface area contributed by atoms with Crippen LogP contribution in [-0.4, -0.2) is 30.1 Å². The van der Waals surface area contributed by atoms with Crippen molar-refractivity contribution in [1.29, 1.82) is 0 Å². The van der Waals surface area contributed by atoms with E-state index in [1.165, 1.54) is 24.8 Å². The van der Waals surface area contributed by atoms with E-state index < -0.39 is 0 Å². The summed E-state index contributed by atoms with van der Waals surface area (Å²) in [5.74, 6) is 0.868. The summed E-state index contributed by atoms with van der Waals surface area (Å²) in [6.07, 6.45) is 5.99. The molecule has 2 heterocycles. The monoisotopic (exact) mass is 456 g/mol. The Labute approximate surface area is 199 Å². The van der Waals surface area contributed by atoms with Crippen LogP contribution in [0.4, 0.5) is 0 Å². The summed E-state index contributed by atoms with van der Waals surface area (Å²) >= 11 is 0. The van der Waals surface area contributed by atoms with Gasteiger partial charge in [-0.15, -0.1) is 5.10 Å². The lowest BCUT2D eigenvalue weighted by Gasteiger charge is -2.25.